The standard InChI is InChI=1S/C6H8N2S/c1-2-9-6-3-7-5-8-4-6/h3-5H,2H2,1H3. The average Bonchev–Trinajstić information content (AvgIpc) is 1.91. The quantitative estimate of drug-likeness (QED) is 0.583. The molecule has 0 N–H and O–H groups in total. The third-order valence-corrected chi connectivity index (χ3v) is 1.68. The molecule has 0 bridgehead atoms. The smallest absolute Gasteiger partial charge is 0.115 e. The third-order valence-electron chi connectivity index (χ3n) is 0.848. The van der Waals surface area contributed by atoms with Gasteiger partial charge in [0.25, 0.3) is 0 Å². The Morgan fingerprint density at radius 1 is 1.44 bits per heavy atom. The molecule has 1 heterocycles. The summed E-state index contributed by atoms with van der Waals surface area (Å²) < 4.78 is 0. The highest BCUT2D eigenvalue weighted by molar-refractivity contribution is 7.99. The summed E-state index contributed by atoms with van der Waals surface area (Å²) >= 11 is 1.75. The van der Waals surface area contributed by atoms with Crippen molar-refractivity contribution in [1.82, 2.24) is 9.97 Å². The minimum Gasteiger partial charge on any atom is -0.244 e. The van der Waals surface area contributed by atoms with E-state index >= 15 is 0 Å². The van der Waals surface area contributed by atoms with Crippen LogP contribution in [0, 0.1) is 0 Å². The fourth-order valence-electron chi connectivity index (χ4n) is 0.527. The van der Waals surface area contributed by atoms with Crippen LogP contribution in [0.15, 0.2) is 23.6 Å². The van der Waals surface area contributed by atoms with Gasteiger partial charge in [-0.25, -0.2) is 9.97 Å². The van der Waals surface area contributed by atoms with Crippen LogP contribution in [0.1, 0.15) is 6.92 Å². The SMILES string of the molecule is CCSc1cncnc1. The van der Waals surface area contributed by atoms with Gasteiger partial charge in [0, 0.05) is 17.3 Å². The van der Waals surface area contributed by atoms with Gasteiger partial charge in [0.05, 0.1) is 0 Å². The lowest BCUT2D eigenvalue weighted by Crippen LogP contribution is -1.77. The van der Waals surface area contributed by atoms with E-state index in [9.17, 15) is 0 Å². The van der Waals surface area contributed by atoms with Gasteiger partial charge < -0.3 is 0 Å². The molecule has 0 aliphatic heterocycles. The Morgan fingerprint density at radius 3 is 2.67 bits per heavy atom. The first kappa shape index (κ1) is 6.55. The molecule has 0 radical (unpaired) electrons. The molecular weight excluding hydrogens is 132 g/mol. The summed E-state index contributed by atoms with van der Waals surface area (Å²) in [6.45, 7) is 2.11. The molecule has 0 saturated heterocycles. The number of aromatic nitrogens is 2. The fraction of sp³-hybridized carbons (Fsp3) is 0.333. The van der Waals surface area contributed by atoms with E-state index in [0.717, 1.165) is 10.6 Å². The van der Waals surface area contributed by atoms with E-state index in [1.165, 1.54) is 0 Å². The van der Waals surface area contributed by atoms with Gasteiger partial charge in [-0.1, -0.05) is 6.92 Å². The highest BCUT2D eigenvalue weighted by atomic mass is 32.2. The lowest BCUT2D eigenvalue weighted by atomic mass is 10.7. The van der Waals surface area contributed by atoms with Gasteiger partial charge in [0.1, 0.15) is 6.33 Å². The largest absolute Gasteiger partial charge is 0.244 e. The van der Waals surface area contributed by atoms with Gasteiger partial charge in [-0.05, 0) is 5.75 Å². The predicted molar refractivity (Wildman–Crippen MR) is 38.4 cm³/mol. The van der Waals surface area contributed by atoms with Crippen LogP contribution in [0.5, 0.6) is 0 Å². The van der Waals surface area contributed by atoms with Crippen LogP contribution >= 0.6 is 11.8 Å². The van der Waals surface area contributed by atoms with Crippen LogP contribution in [0.3, 0.4) is 0 Å². The summed E-state index contributed by atoms with van der Waals surface area (Å²) in [5, 5.41) is 0. The highest BCUT2D eigenvalue weighted by Gasteiger charge is 1.87. The zero-order chi connectivity index (χ0) is 6.53. The van der Waals surface area contributed by atoms with Gasteiger partial charge >= 0.3 is 0 Å². The van der Waals surface area contributed by atoms with Crippen molar-refractivity contribution < 1.29 is 0 Å². The van der Waals surface area contributed by atoms with E-state index in [0.29, 0.717) is 0 Å². The Bertz CT molecular complexity index is 164. The molecule has 0 atom stereocenters. The molecule has 0 aliphatic rings. The van der Waals surface area contributed by atoms with Gasteiger partial charge in [-0.3, -0.25) is 0 Å². The van der Waals surface area contributed by atoms with Crippen LogP contribution in [0.25, 0.3) is 0 Å². The number of hydrogen-bond donors (Lipinski definition) is 0. The average molecular weight is 140 g/mol. The lowest BCUT2D eigenvalue weighted by molar-refractivity contribution is 1.10. The molecular formula is C6H8N2S. The molecule has 2 nitrogen and oxygen atoms in total. The molecule has 0 fully saturated rings. The van der Waals surface area contributed by atoms with E-state index in [-0.39, 0.29) is 0 Å². The normalized spacial score (nSPS) is 9.44. The molecule has 0 aliphatic carbocycles. The van der Waals surface area contributed by atoms with Gasteiger partial charge in [-0.15, -0.1) is 11.8 Å². The molecule has 0 amide bonds. The van der Waals surface area contributed by atoms with Crippen LogP contribution in [-0.4, -0.2) is 15.7 Å². The zero-order valence-electron chi connectivity index (χ0n) is 5.24. The molecule has 0 aromatic carbocycles. The molecule has 0 unspecified atom stereocenters. The molecule has 1 aromatic rings. The summed E-state index contributed by atoms with van der Waals surface area (Å²) in [4.78, 5) is 8.88. The van der Waals surface area contributed by atoms with Crippen molar-refractivity contribution in [3.05, 3.63) is 18.7 Å². The summed E-state index contributed by atoms with van der Waals surface area (Å²) in [5.74, 6) is 1.08. The fourth-order valence-corrected chi connectivity index (χ4v) is 1.13. The van der Waals surface area contributed by atoms with Crippen LogP contribution in [0.2, 0.25) is 0 Å². The van der Waals surface area contributed by atoms with Crippen molar-refractivity contribution in [3.63, 3.8) is 0 Å². The van der Waals surface area contributed by atoms with Gasteiger partial charge in [0.2, 0.25) is 0 Å². The predicted octanol–water partition coefficient (Wildman–Crippen LogP) is 1.59. The molecule has 48 valence electrons. The molecule has 9 heavy (non-hydrogen) atoms. The monoisotopic (exact) mass is 140 g/mol. The minimum atomic E-state index is 1.08. The van der Waals surface area contributed by atoms with E-state index in [2.05, 4.69) is 16.9 Å². The Labute approximate surface area is 58.7 Å². The Balaban J connectivity index is 2.61. The summed E-state index contributed by atoms with van der Waals surface area (Å²) in [6.07, 6.45) is 5.18. The van der Waals surface area contributed by atoms with Crippen LogP contribution in [-0.2, 0) is 0 Å². The second-order valence-electron chi connectivity index (χ2n) is 1.51. The number of nitrogens with zero attached hydrogens (tertiary/aromatic N) is 2. The van der Waals surface area contributed by atoms with Crippen LogP contribution in [0.4, 0.5) is 0 Å². The second kappa shape index (κ2) is 3.45. The van der Waals surface area contributed by atoms with Crippen molar-refractivity contribution in [2.24, 2.45) is 0 Å². The van der Waals surface area contributed by atoms with Crippen molar-refractivity contribution in [1.29, 1.82) is 0 Å². The first-order valence-electron chi connectivity index (χ1n) is 2.81. The van der Waals surface area contributed by atoms with Crippen molar-refractivity contribution in [3.8, 4) is 0 Å². The summed E-state index contributed by atoms with van der Waals surface area (Å²) in [7, 11) is 0. The Kier molecular flexibility index (Phi) is 2.51. The van der Waals surface area contributed by atoms with Crippen molar-refractivity contribution in [2.45, 2.75) is 11.8 Å². The number of hydrogen-bond acceptors (Lipinski definition) is 3. The molecule has 1 rings (SSSR count). The van der Waals surface area contributed by atoms with Crippen molar-refractivity contribution in [2.75, 3.05) is 5.75 Å². The van der Waals surface area contributed by atoms with Crippen molar-refractivity contribution >= 4 is 11.8 Å². The van der Waals surface area contributed by atoms with E-state index in [1.54, 1.807) is 18.1 Å². The van der Waals surface area contributed by atoms with E-state index in [1.807, 2.05) is 12.4 Å². The zero-order valence-corrected chi connectivity index (χ0v) is 6.06. The first-order chi connectivity index (χ1) is 4.43. The van der Waals surface area contributed by atoms with Crippen LogP contribution < -0.4 is 0 Å². The van der Waals surface area contributed by atoms with Gasteiger partial charge in [0.15, 0.2) is 0 Å². The minimum absolute atomic E-state index is 1.08. The Morgan fingerprint density at radius 2 is 2.11 bits per heavy atom. The number of thioether (sulfide) groups is 1. The highest BCUT2D eigenvalue weighted by Crippen LogP contribution is 2.12. The first-order valence-corrected chi connectivity index (χ1v) is 3.80. The molecule has 1 aromatic heterocycles. The molecule has 0 saturated carbocycles. The maximum atomic E-state index is 3.87. The maximum Gasteiger partial charge on any atom is 0.115 e. The lowest BCUT2D eigenvalue weighted by Gasteiger charge is -1.92. The third kappa shape index (κ3) is 2.01. The second-order valence-corrected chi connectivity index (χ2v) is 2.84. The maximum absolute atomic E-state index is 3.87. The molecule has 0 spiro atoms. The topological polar surface area (TPSA) is 25.8 Å². The van der Waals surface area contributed by atoms with Gasteiger partial charge in [-0.2, -0.15) is 0 Å². The van der Waals surface area contributed by atoms with E-state index < -0.39 is 0 Å². The summed E-state index contributed by atoms with van der Waals surface area (Å²) in [5.41, 5.74) is 0. The van der Waals surface area contributed by atoms with E-state index in [4.69, 9.17) is 0 Å². The summed E-state index contributed by atoms with van der Waals surface area (Å²) in [6, 6.07) is 0. The Hall–Kier alpha value is -0.570. The number of rotatable bonds is 2. The molecule has 3 heteroatoms.